The zero-order chi connectivity index (χ0) is 11.5. The predicted octanol–water partition coefficient (Wildman–Crippen LogP) is 3.53. The van der Waals surface area contributed by atoms with Crippen LogP contribution >= 0.6 is 11.6 Å². The van der Waals surface area contributed by atoms with Gasteiger partial charge < -0.3 is 5.11 Å². The van der Waals surface area contributed by atoms with Crippen LogP contribution in [-0.2, 0) is 0 Å². The maximum atomic E-state index is 10.9. The van der Waals surface area contributed by atoms with Crippen LogP contribution in [0.5, 0.6) is 5.75 Å². The number of aldehydes is 1. The number of hydrogen-bond donors (Lipinski definition) is 1. The molecule has 80 valence electrons. The molecular weight excluding hydrogens is 224 g/mol. The van der Waals surface area contributed by atoms with Crippen molar-refractivity contribution in [3.05, 3.63) is 53.1 Å². The highest BCUT2D eigenvalue weighted by Gasteiger charge is 2.05. The Balaban J connectivity index is 2.62. The summed E-state index contributed by atoms with van der Waals surface area (Å²) in [7, 11) is 0. The SMILES string of the molecule is O=Cc1ccccc1-c1cc(O)cc(Cl)c1. The molecule has 0 atom stereocenters. The van der Waals surface area contributed by atoms with Crippen LogP contribution in [0.1, 0.15) is 10.4 Å². The molecule has 0 spiro atoms. The van der Waals surface area contributed by atoms with Gasteiger partial charge in [0.15, 0.2) is 6.29 Å². The third-order valence-corrected chi connectivity index (χ3v) is 2.50. The number of phenols is 1. The average Bonchev–Trinajstić information content (AvgIpc) is 2.27. The van der Waals surface area contributed by atoms with Crippen molar-refractivity contribution >= 4 is 17.9 Å². The van der Waals surface area contributed by atoms with E-state index in [0.717, 1.165) is 17.4 Å². The molecule has 0 saturated carbocycles. The number of halogens is 1. The normalized spacial score (nSPS) is 10.1. The molecule has 0 bridgehead atoms. The molecule has 2 nitrogen and oxygen atoms in total. The number of hydrogen-bond acceptors (Lipinski definition) is 2. The Morgan fingerprint density at radius 2 is 1.88 bits per heavy atom. The molecule has 2 rings (SSSR count). The first kappa shape index (κ1) is 10.7. The zero-order valence-corrected chi connectivity index (χ0v) is 9.11. The first-order chi connectivity index (χ1) is 7.70. The summed E-state index contributed by atoms with van der Waals surface area (Å²) < 4.78 is 0. The molecule has 0 saturated heterocycles. The third kappa shape index (κ3) is 2.07. The van der Waals surface area contributed by atoms with Crippen molar-refractivity contribution in [3.63, 3.8) is 0 Å². The average molecular weight is 233 g/mol. The molecular formula is C13H9ClO2. The van der Waals surface area contributed by atoms with E-state index in [1.807, 2.05) is 12.1 Å². The van der Waals surface area contributed by atoms with Gasteiger partial charge in [0.25, 0.3) is 0 Å². The first-order valence-corrected chi connectivity index (χ1v) is 5.12. The number of phenolic OH excluding ortho intramolecular Hbond substituents is 1. The zero-order valence-electron chi connectivity index (χ0n) is 8.35. The lowest BCUT2D eigenvalue weighted by atomic mass is 10.0. The smallest absolute Gasteiger partial charge is 0.150 e. The van der Waals surface area contributed by atoms with Gasteiger partial charge in [-0.1, -0.05) is 35.9 Å². The van der Waals surface area contributed by atoms with Crippen LogP contribution in [0.2, 0.25) is 5.02 Å². The summed E-state index contributed by atoms with van der Waals surface area (Å²) >= 11 is 5.85. The van der Waals surface area contributed by atoms with Crippen LogP contribution in [0.15, 0.2) is 42.5 Å². The quantitative estimate of drug-likeness (QED) is 0.805. The van der Waals surface area contributed by atoms with Crippen molar-refractivity contribution in [2.45, 2.75) is 0 Å². The topological polar surface area (TPSA) is 37.3 Å². The molecule has 3 heteroatoms. The largest absolute Gasteiger partial charge is 0.508 e. The van der Waals surface area contributed by atoms with E-state index in [2.05, 4.69) is 0 Å². The molecule has 16 heavy (non-hydrogen) atoms. The Hall–Kier alpha value is -1.80. The lowest BCUT2D eigenvalue weighted by molar-refractivity contribution is 0.112. The van der Waals surface area contributed by atoms with Crippen LogP contribution in [0.25, 0.3) is 11.1 Å². The number of benzene rings is 2. The van der Waals surface area contributed by atoms with Gasteiger partial charge in [0.1, 0.15) is 5.75 Å². The van der Waals surface area contributed by atoms with Crippen LogP contribution < -0.4 is 0 Å². The second-order valence-corrected chi connectivity index (χ2v) is 3.84. The van der Waals surface area contributed by atoms with E-state index in [1.165, 1.54) is 6.07 Å². The fourth-order valence-corrected chi connectivity index (χ4v) is 1.82. The number of carbonyl (C=O) groups excluding carboxylic acids is 1. The van der Waals surface area contributed by atoms with Crippen molar-refractivity contribution in [2.24, 2.45) is 0 Å². The van der Waals surface area contributed by atoms with E-state index >= 15 is 0 Å². The van der Waals surface area contributed by atoms with Crippen LogP contribution in [0, 0.1) is 0 Å². The van der Waals surface area contributed by atoms with E-state index in [9.17, 15) is 9.90 Å². The summed E-state index contributed by atoms with van der Waals surface area (Å²) in [6.07, 6.45) is 0.785. The Kier molecular flexibility index (Phi) is 2.93. The number of aromatic hydroxyl groups is 1. The lowest BCUT2D eigenvalue weighted by Gasteiger charge is -2.06. The Bertz CT molecular complexity index is 515. The fourth-order valence-electron chi connectivity index (χ4n) is 1.59. The summed E-state index contributed by atoms with van der Waals surface area (Å²) in [6.45, 7) is 0. The van der Waals surface area contributed by atoms with E-state index in [4.69, 9.17) is 11.6 Å². The van der Waals surface area contributed by atoms with Crippen LogP contribution in [-0.4, -0.2) is 11.4 Å². The maximum absolute atomic E-state index is 10.9. The molecule has 0 radical (unpaired) electrons. The Labute approximate surface area is 98.1 Å². The van der Waals surface area contributed by atoms with Crippen molar-refractivity contribution in [1.29, 1.82) is 0 Å². The molecule has 0 amide bonds. The molecule has 0 unspecified atom stereocenters. The van der Waals surface area contributed by atoms with Gasteiger partial charge in [0, 0.05) is 10.6 Å². The summed E-state index contributed by atoms with van der Waals surface area (Å²) in [5.74, 6) is 0.0863. The molecule has 2 aromatic carbocycles. The first-order valence-electron chi connectivity index (χ1n) is 4.75. The molecule has 0 aromatic heterocycles. The third-order valence-electron chi connectivity index (χ3n) is 2.28. The summed E-state index contributed by atoms with van der Waals surface area (Å²) in [4.78, 5) is 10.9. The van der Waals surface area contributed by atoms with E-state index in [-0.39, 0.29) is 5.75 Å². The summed E-state index contributed by atoms with van der Waals surface area (Å²) in [6, 6.07) is 11.9. The van der Waals surface area contributed by atoms with Crippen molar-refractivity contribution < 1.29 is 9.90 Å². The van der Waals surface area contributed by atoms with Crippen molar-refractivity contribution in [1.82, 2.24) is 0 Å². The molecule has 2 aromatic rings. The van der Waals surface area contributed by atoms with Gasteiger partial charge in [-0.2, -0.15) is 0 Å². The van der Waals surface area contributed by atoms with Gasteiger partial charge >= 0.3 is 0 Å². The minimum Gasteiger partial charge on any atom is -0.508 e. The minimum absolute atomic E-state index is 0.0863. The minimum atomic E-state index is 0.0863. The maximum Gasteiger partial charge on any atom is 0.150 e. The van der Waals surface area contributed by atoms with Crippen LogP contribution in [0.3, 0.4) is 0 Å². The summed E-state index contributed by atoms with van der Waals surface area (Å²) in [5, 5.41) is 9.89. The monoisotopic (exact) mass is 232 g/mol. The van der Waals surface area contributed by atoms with Gasteiger partial charge in [0.05, 0.1) is 0 Å². The molecule has 0 aliphatic heterocycles. The van der Waals surface area contributed by atoms with Gasteiger partial charge in [-0.05, 0) is 29.3 Å². The van der Waals surface area contributed by atoms with E-state index in [0.29, 0.717) is 10.6 Å². The van der Waals surface area contributed by atoms with E-state index in [1.54, 1.807) is 24.3 Å². The van der Waals surface area contributed by atoms with Gasteiger partial charge in [-0.3, -0.25) is 4.79 Å². The molecule has 0 aliphatic rings. The summed E-state index contributed by atoms with van der Waals surface area (Å²) in [5.41, 5.74) is 2.06. The molecule has 0 heterocycles. The second kappa shape index (κ2) is 4.37. The highest BCUT2D eigenvalue weighted by Crippen LogP contribution is 2.29. The Morgan fingerprint density at radius 1 is 1.12 bits per heavy atom. The highest BCUT2D eigenvalue weighted by molar-refractivity contribution is 6.31. The lowest BCUT2D eigenvalue weighted by Crippen LogP contribution is -1.86. The number of carbonyl (C=O) groups is 1. The molecule has 1 N–H and O–H groups in total. The standard InChI is InChI=1S/C13H9ClO2/c14-11-5-10(6-12(16)7-11)13-4-2-1-3-9(13)8-15/h1-8,16H. The molecule has 0 fully saturated rings. The highest BCUT2D eigenvalue weighted by atomic mass is 35.5. The Morgan fingerprint density at radius 3 is 2.56 bits per heavy atom. The van der Waals surface area contributed by atoms with Gasteiger partial charge in [0.2, 0.25) is 0 Å². The fraction of sp³-hybridized carbons (Fsp3) is 0. The van der Waals surface area contributed by atoms with Crippen molar-refractivity contribution in [2.75, 3.05) is 0 Å². The number of rotatable bonds is 2. The second-order valence-electron chi connectivity index (χ2n) is 3.40. The predicted molar refractivity (Wildman–Crippen MR) is 63.9 cm³/mol. The van der Waals surface area contributed by atoms with Crippen LogP contribution in [0.4, 0.5) is 0 Å². The van der Waals surface area contributed by atoms with Crippen molar-refractivity contribution in [3.8, 4) is 16.9 Å². The van der Waals surface area contributed by atoms with Gasteiger partial charge in [-0.25, -0.2) is 0 Å². The molecule has 0 aliphatic carbocycles. The van der Waals surface area contributed by atoms with Gasteiger partial charge in [-0.15, -0.1) is 0 Å². The van der Waals surface area contributed by atoms with E-state index < -0.39 is 0 Å².